The third kappa shape index (κ3) is 6.75. The fraction of sp³-hybridized carbons (Fsp3) is 0.432. The number of nitrogens with zero attached hydrogens (tertiary/aromatic N) is 4. The van der Waals surface area contributed by atoms with Crippen molar-refractivity contribution in [1.82, 2.24) is 14.6 Å². The number of rotatable bonds is 3. The molecule has 1 saturated heterocycles. The minimum Gasteiger partial charge on any atom is -0.486 e. The standard InChI is InChI=1S/C37H43FN4O5/c1-22-18-27-25-11-8-12-26(19-25)29-21-31-39-24(3)32(33(35(43)44)47-36(4,5)6)34(42(31)40-29)41-15-13-37(7,14-16-41)45-17-9-10-23(2)46-30(27)20-28(22)38/h8-12,18-21,23,33H,13-17H2,1-7H3,(H,43,44)/t23-,33-/m0/s1. The average Bonchev–Trinajstić information content (AvgIpc) is 3.43. The molecule has 0 saturated carbocycles. The Morgan fingerprint density at radius 3 is 2.55 bits per heavy atom. The second-order valence-electron chi connectivity index (χ2n) is 13.9. The number of carbonyl (C=O) groups is 1. The third-order valence-corrected chi connectivity index (χ3v) is 8.86. The number of aromatic nitrogens is 3. The van der Waals surface area contributed by atoms with Crippen LogP contribution in [0.4, 0.5) is 10.2 Å². The molecule has 47 heavy (non-hydrogen) atoms. The number of hydrogen-bond acceptors (Lipinski definition) is 7. The normalized spacial score (nSPS) is 20.8. The zero-order chi connectivity index (χ0) is 33.7. The Morgan fingerprint density at radius 1 is 1.13 bits per heavy atom. The Labute approximate surface area is 275 Å². The molecule has 1 N–H and O–H groups in total. The van der Waals surface area contributed by atoms with Crippen molar-refractivity contribution in [2.75, 3.05) is 24.6 Å². The van der Waals surface area contributed by atoms with E-state index in [1.54, 1.807) is 17.5 Å². The Balaban J connectivity index is 1.57. The van der Waals surface area contributed by atoms with Crippen LogP contribution in [0.5, 0.6) is 5.75 Å². The molecule has 248 valence electrons. The van der Waals surface area contributed by atoms with Crippen LogP contribution in [0.15, 0.2) is 54.6 Å². The number of benzene rings is 2. The predicted molar refractivity (Wildman–Crippen MR) is 180 cm³/mol. The number of aryl methyl sites for hydroxylation is 2. The summed E-state index contributed by atoms with van der Waals surface area (Å²) in [5.74, 6) is -0.325. The van der Waals surface area contributed by atoms with Crippen LogP contribution in [0.25, 0.3) is 28.0 Å². The summed E-state index contributed by atoms with van der Waals surface area (Å²) in [6.45, 7) is 14.8. The quantitative estimate of drug-likeness (QED) is 0.230. The number of carboxylic acid groups (broad SMARTS) is 1. The van der Waals surface area contributed by atoms with Gasteiger partial charge in [0.1, 0.15) is 23.5 Å². The van der Waals surface area contributed by atoms with Crippen molar-refractivity contribution in [2.45, 2.75) is 84.7 Å². The molecule has 0 amide bonds. The lowest BCUT2D eigenvalue weighted by molar-refractivity contribution is -0.160. The summed E-state index contributed by atoms with van der Waals surface area (Å²) in [6, 6.07) is 13.0. The van der Waals surface area contributed by atoms with E-state index in [1.807, 2.05) is 77.1 Å². The lowest BCUT2D eigenvalue weighted by Gasteiger charge is -2.41. The topological polar surface area (TPSA) is 98.4 Å². The summed E-state index contributed by atoms with van der Waals surface area (Å²) in [5, 5.41) is 15.5. The highest BCUT2D eigenvalue weighted by atomic mass is 19.1. The average molecular weight is 643 g/mol. The molecular weight excluding hydrogens is 599 g/mol. The van der Waals surface area contributed by atoms with Crippen molar-refractivity contribution < 1.29 is 28.5 Å². The monoisotopic (exact) mass is 642 g/mol. The fourth-order valence-corrected chi connectivity index (χ4v) is 6.36. The van der Waals surface area contributed by atoms with Crippen molar-refractivity contribution >= 4 is 17.4 Å². The van der Waals surface area contributed by atoms with E-state index in [0.717, 1.165) is 29.5 Å². The molecule has 3 aliphatic rings. The molecule has 2 aromatic heterocycles. The molecule has 2 aromatic carbocycles. The molecule has 0 radical (unpaired) electrons. The molecule has 7 rings (SSSR count). The Morgan fingerprint density at radius 2 is 1.85 bits per heavy atom. The first kappa shape index (κ1) is 32.7. The highest BCUT2D eigenvalue weighted by Gasteiger charge is 2.37. The van der Waals surface area contributed by atoms with E-state index in [0.29, 0.717) is 59.4 Å². The summed E-state index contributed by atoms with van der Waals surface area (Å²) < 4.78 is 35.4. The lowest BCUT2D eigenvalue weighted by Crippen LogP contribution is -2.45. The number of aliphatic carboxylic acids is 1. The highest BCUT2D eigenvalue weighted by Crippen LogP contribution is 2.39. The van der Waals surface area contributed by atoms with Gasteiger partial charge < -0.3 is 24.2 Å². The van der Waals surface area contributed by atoms with Gasteiger partial charge in [0, 0.05) is 42.0 Å². The Kier molecular flexibility index (Phi) is 8.61. The number of halogens is 1. The van der Waals surface area contributed by atoms with Gasteiger partial charge in [0.25, 0.3) is 0 Å². The second-order valence-corrected chi connectivity index (χ2v) is 13.9. The zero-order valence-electron chi connectivity index (χ0n) is 28.1. The van der Waals surface area contributed by atoms with Crippen LogP contribution in [0.3, 0.4) is 0 Å². The molecule has 0 spiro atoms. The van der Waals surface area contributed by atoms with Gasteiger partial charge in [0.15, 0.2) is 11.8 Å². The van der Waals surface area contributed by atoms with Gasteiger partial charge in [-0.2, -0.15) is 9.61 Å². The van der Waals surface area contributed by atoms with Gasteiger partial charge in [0.2, 0.25) is 0 Å². The van der Waals surface area contributed by atoms with Gasteiger partial charge >= 0.3 is 5.97 Å². The van der Waals surface area contributed by atoms with Crippen molar-refractivity contribution in [1.29, 1.82) is 0 Å². The first-order valence-electron chi connectivity index (χ1n) is 16.2. The highest BCUT2D eigenvalue weighted by molar-refractivity contribution is 5.80. The lowest BCUT2D eigenvalue weighted by atomic mass is 9.92. The molecule has 10 heteroatoms. The summed E-state index contributed by atoms with van der Waals surface area (Å²) >= 11 is 0. The van der Waals surface area contributed by atoms with Crippen LogP contribution in [-0.2, 0) is 14.3 Å². The van der Waals surface area contributed by atoms with E-state index in [9.17, 15) is 14.3 Å². The number of ether oxygens (including phenoxy) is 3. The van der Waals surface area contributed by atoms with E-state index >= 15 is 0 Å². The molecule has 2 atom stereocenters. The van der Waals surface area contributed by atoms with Gasteiger partial charge in [-0.1, -0.05) is 24.3 Å². The number of fused-ring (bicyclic) bond motifs is 6. The van der Waals surface area contributed by atoms with Crippen molar-refractivity contribution in [2.24, 2.45) is 0 Å². The number of carboxylic acids is 1. The SMILES string of the molecule is Cc1cc2c(cc1F)O[C@@H](C)C=CCOC1(C)CCN(CC1)c1c([C@H](OC(C)(C)C)C(=O)O)c(C)nc3cc(nn13)-c1cccc-2c1. The third-order valence-electron chi connectivity index (χ3n) is 8.86. The maximum atomic E-state index is 14.8. The molecular formula is C37H43FN4O5. The maximum Gasteiger partial charge on any atom is 0.337 e. The largest absolute Gasteiger partial charge is 0.486 e. The Hall–Kier alpha value is -4.28. The van der Waals surface area contributed by atoms with Crippen molar-refractivity contribution in [3.63, 3.8) is 0 Å². The molecule has 1 fully saturated rings. The minimum atomic E-state index is -1.25. The molecule has 0 unspecified atom stereocenters. The van der Waals surface area contributed by atoms with E-state index in [-0.39, 0.29) is 17.5 Å². The molecule has 9 nitrogen and oxygen atoms in total. The summed E-state index contributed by atoms with van der Waals surface area (Å²) in [7, 11) is 0. The number of piperidine rings is 1. The second kappa shape index (κ2) is 12.4. The van der Waals surface area contributed by atoms with Crippen LogP contribution in [0.2, 0.25) is 0 Å². The summed E-state index contributed by atoms with van der Waals surface area (Å²) in [4.78, 5) is 19.8. The van der Waals surface area contributed by atoms with E-state index < -0.39 is 17.7 Å². The first-order valence-corrected chi connectivity index (χ1v) is 16.2. The van der Waals surface area contributed by atoms with Gasteiger partial charge in [-0.15, -0.1) is 0 Å². The van der Waals surface area contributed by atoms with Gasteiger partial charge in [0.05, 0.1) is 29.1 Å². The van der Waals surface area contributed by atoms with Gasteiger partial charge in [-0.25, -0.2) is 14.2 Å². The molecule has 4 aromatic rings. The predicted octanol–water partition coefficient (Wildman–Crippen LogP) is 7.47. The summed E-state index contributed by atoms with van der Waals surface area (Å²) in [6.07, 6.45) is 3.74. The molecule has 0 aliphatic carbocycles. The van der Waals surface area contributed by atoms with Crippen LogP contribution in [0.1, 0.15) is 70.4 Å². The van der Waals surface area contributed by atoms with Crippen LogP contribution in [-0.4, -0.2) is 62.7 Å². The smallest absolute Gasteiger partial charge is 0.337 e. The van der Waals surface area contributed by atoms with Crippen LogP contribution < -0.4 is 9.64 Å². The summed E-state index contributed by atoms with van der Waals surface area (Å²) in [5.41, 5.74) is 4.17. The number of hydrogen-bond donors (Lipinski definition) is 1. The minimum absolute atomic E-state index is 0.319. The van der Waals surface area contributed by atoms with Crippen LogP contribution >= 0.6 is 0 Å². The van der Waals surface area contributed by atoms with E-state index in [1.165, 1.54) is 6.07 Å². The molecule has 6 bridgehead atoms. The Bertz CT molecular complexity index is 1850. The first-order chi connectivity index (χ1) is 22.2. The molecule has 3 aliphatic heterocycles. The number of anilines is 1. The molecule has 5 heterocycles. The maximum absolute atomic E-state index is 14.8. The fourth-order valence-electron chi connectivity index (χ4n) is 6.36. The zero-order valence-corrected chi connectivity index (χ0v) is 28.1. The van der Waals surface area contributed by atoms with Crippen LogP contribution in [0, 0.1) is 19.7 Å². The van der Waals surface area contributed by atoms with Crippen molar-refractivity contribution in [3.8, 4) is 28.1 Å². The van der Waals surface area contributed by atoms with Crippen molar-refractivity contribution in [3.05, 3.63) is 77.3 Å². The van der Waals surface area contributed by atoms with E-state index in [2.05, 4.69) is 11.8 Å². The van der Waals surface area contributed by atoms with Gasteiger partial charge in [-0.3, -0.25) is 0 Å². The van der Waals surface area contributed by atoms with Gasteiger partial charge in [-0.05, 0) is 90.6 Å². The van der Waals surface area contributed by atoms with E-state index in [4.69, 9.17) is 24.3 Å².